The van der Waals surface area contributed by atoms with E-state index in [1.807, 2.05) is 20.8 Å². The summed E-state index contributed by atoms with van der Waals surface area (Å²) in [5.74, 6) is 0. The minimum absolute atomic E-state index is 0.479. The molecule has 0 aliphatic heterocycles. The lowest BCUT2D eigenvalue weighted by Crippen LogP contribution is -2.29. The van der Waals surface area contributed by atoms with Gasteiger partial charge in [-0.25, -0.2) is 4.79 Å². The number of nitrogens with zero attached hydrogens (tertiary/aromatic N) is 2. The van der Waals surface area contributed by atoms with Crippen molar-refractivity contribution in [2.24, 2.45) is 0 Å². The van der Waals surface area contributed by atoms with Crippen molar-refractivity contribution in [1.82, 2.24) is 9.78 Å². The maximum atomic E-state index is 11.9. The number of ether oxygens (including phenoxy) is 1. The zero-order chi connectivity index (χ0) is 12.6. The Morgan fingerprint density at radius 3 is 2.94 bits per heavy atom. The molecule has 5 heteroatoms. The Labute approximate surface area is 100 Å². The summed E-state index contributed by atoms with van der Waals surface area (Å²) >= 11 is 0. The van der Waals surface area contributed by atoms with E-state index in [2.05, 4.69) is 5.10 Å². The number of carbonyl (C=O) groups is 1. The summed E-state index contributed by atoms with van der Waals surface area (Å²) in [4.78, 5) is 11.9. The van der Waals surface area contributed by atoms with Gasteiger partial charge in [0.2, 0.25) is 0 Å². The van der Waals surface area contributed by atoms with Crippen LogP contribution in [0.2, 0.25) is 0 Å². The molecule has 5 nitrogen and oxygen atoms in total. The van der Waals surface area contributed by atoms with Crippen molar-refractivity contribution in [1.29, 1.82) is 0 Å². The van der Waals surface area contributed by atoms with E-state index in [4.69, 9.17) is 4.74 Å². The van der Waals surface area contributed by atoms with E-state index in [0.717, 1.165) is 30.5 Å². The largest absolute Gasteiger partial charge is 0.442 e. The van der Waals surface area contributed by atoms with Crippen LogP contribution in [-0.2, 0) is 11.2 Å². The van der Waals surface area contributed by atoms with Crippen LogP contribution in [-0.4, -0.2) is 26.6 Å². The second-order valence-corrected chi connectivity index (χ2v) is 5.35. The molecule has 0 fully saturated rings. The van der Waals surface area contributed by atoms with Gasteiger partial charge in [0.25, 0.3) is 0 Å². The highest BCUT2D eigenvalue weighted by Crippen LogP contribution is 2.29. The molecule has 1 aliphatic carbocycles. The van der Waals surface area contributed by atoms with Crippen LogP contribution in [0.1, 0.15) is 51.0 Å². The molecule has 1 aliphatic rings. The first-order valence-electron chi connectivity index (χ1n) is 5.87. The Kier molecular flexibility index (Phi) is 2.95. The normalized spacial score (nSPS) is 19.9. The average Bonchev–Trinajstić information content (AvgIpc) is 2.60. The second kappa shape index (κ2) is 4.14. The fraction of sp³-hybridized carbons (Fsp3) is 0.667. The van der Waals surface area contributed by atoms with E-state index in [0.29, 0.717) is 0 Å². The van der Waals surface area contributed by atoms with Crippen LogP contribution in [0.15, 0.2) is 6.20 Å². The molecule has 2 rings (SSSR count). The number of aliphatic hydroxyl groups is 1. The fourth-order valence-corrected chi connectivity index (χ4v) is 2.00. The van der Waals surface area contributed by atoms with Gasteiger partial charge in [0.05, 0.1) is 18.0 Å². The van der Waals surface area contributed by atoms with E-state index < -0.39 is 17.8 Å². The van der Waals surface area contributed by atoms with E-state index in [-0.39, 0.29) is 0 Å². The van der Waals surface area contributed by atoms with Crippen LogP contribution < -0.4 is 0 Å². The maximum absolute atomic E-state index is 11.9. The van der Waals surface area contributed by atoms with Gasteiger partial charge in [0, 0.05) is 5.56 Å². The quantitative estimate of drug-likeness (QED) is 0.751. The lowest BCUT2D eigenvalue weighted by Gasteiger charge is -2.21. The summed E-state index contributed by atoms with van der Waals surface area (Å²) in [5, 5.41) is 13.8. The number of aromatic nitrogens is 2. The van der Waals surface area contributed by atoms with Crippen LogP contribution >= 0.6 is 0 Å². The van der Waals surface area contributed by atoms with Crippen molar-refractivity contribution in [3.8, 4) is 0 Å². The molecular formula is C12H18N2O3. The Bertz CT molecular complexity index is 431. The first-order valence-corrected chi connectivity index (χ1v) is 5.87. The van der Waals surface area contributed by atoms with Crippen molar-refractivity contribution in [3.05, 3.63) is 17.5 Å². The van der Waals surface area contributed by atoms with Crippen molar-refractivity contribution < 1.29 is 14.6 Å². The topological polar surface area (TPSA) is 64.4 Å². The first-order chi connectivity index (χ1) is 7.88. The molecule has 0 amide bonds. The van der Waals surface area contributed by atoms with Crippen LogP contribution in [0.5, 0.6) is 0 Å². The van der Waals surface area contributed by atoms with E-state index in [9.17, 15) is 9.90 Å². The van der Waals surface area contributed by atoms with Gasteiger partial charge in [-0.15, -0.1) is 0 Å². The highest BCUT2D eigenvalue weighted by Gasteiger charge is 2.27. The molecule has 0 saturated carbocycles. The molecule has 0 radical (unpaired) electrons. The molecule has 1 heterocycles. The number of rotatable bonds is 0. The van der Waals surface area contributed by atoms with Gasteiger partial charge >= 0.3 is 6.09 Å². The van der Waals surface area contributed by atoms with Gasteiger partial charge in [-0.05, 0) is 40.0 Å². The first kappa shape index (κ1) is 12.1. The fourth-order valence-electron chi connectivity index (χ4n) is 2.00. The Balaban J connectivity index is 2.25. The number of aliphatic hydroxyl groups excluding tert-OH is 1. The lowest BCUT2D eigenvalue weighted by molar-refractivity contribution is 0.0507. The Hall–Kier alpha value is -1.36. The van der Waals surface area contributed by atoms with Gasteiger partial charge in [-0.1, -0.05) is 0 Å². The van der Waals surface area contributed by atoms with Crippen molar-refractivity contribution in [3.63, 3.8) is 0 Å². The van der Waals surface area contributed by atoms with Gasteiger partial charge in [0.1, 0.15) is 5.60 Å². The highest BCUT2D eigenvalue weighted by atomic mass is 16.6. The Morgan fingerprint density at radius 2 is 2.29 bits per heavy atom. The third-order valence-corrected chi connectivity index (χ3v) is 2.72. The smallest absolute Gasteiger partial charge is 0.435 e. The molecule has 1 unspecified atom stereocenters. The van der Waals surface area contributed by atoms with Crippen molar-refractivity contribution in [2.75, 3.05) is 0 Å². The summed E-state index contributed by atoms with van der Waals surface area (Å²) in [6.07, 6.45) is 2.92. The van der Waals surface area contributed by atoms with Gasteiger partial charge in [-0.3, -0.25) is 0 Å². The van der Waals surface area contributed by atoms with Crippen LogP contribution in [0.4, 0.5) is 4.79 Å². The van der Waals surface area contributed by atoms with E-state index in [1.165, 1.54) is 4.68 Å². The Morgan fingerprint density at radius 1 is 1.59 bits per heavy atom. The van der Waals surface area contributed by atoms with Crippen molar-refractivity contribution >= 4 is 6.09 Å². The molecule has 1 aromatic rings. The standard InChI is InChI=1S/C12H18N2O3/c1-12(2,3)17-11(16)14-9-5-4-6-10(15)8(9)7-13-14/h7,10,15H,4-6H2,1-3H3. The molecule has 94 valence electrons. The molecule has 0 bridgehead atoms. The number of fused-ring (bicyclic) bond motifs is 1. The van der Waals surface area contributed by atoms with Crippen LogP contribution in [0.3, 0.4) is 0 Å². The van der Waals surface area contributed by atoms with E-state index >= 15 is 0 Å². The van der Waals surface area contributed by atoms with Gasteiger partial charge < -0.3 is 9.84 Å². The zero-order valence-electron chi connectivity index (χ0n) is 10.4. The lowest BCUT2D eigenvalue weighted by atomic mass is 9.95. The molecule has 0 aromatic carbocycles. The molecular weight excluding hydrogens is 220 g/mol. The summed E-state index contributed by atoms with van der Waals surface area (Å²) in [6, 6.07) is 0. The third-order valence-electron chi connectivity index (χ3n) is 2.72. The number of hydrogen-bond acceptors (Lipinski definition) is 4. The highest BCUT2D eigenvalue weighted by molar-refractivity contribution is 5.71. The summed E-state index contributed by atoms with van der Waals surface area (Å²) in [7, 11) is 0. The van der Waals surface area contributed by atoms with Crippen molar-refractivity contribution in [2.45, 2.75) is 51.7 Å². The predicted octanol–water partition coefficient (Wildman–Crippen LogP) is 2.04. The van der Waals surface area contributed by atoms with Crippen LogP contribution in [0, 0.1) is 0 Å². The summed E-state index contributed by atoms with van der Waals surface area (Å²) < 4.78 is 6.53. The van der Waals surface area contributed by atoms with E-state index in [1.54, 1.807) is 6.20 Å². The molecule has 17 heavy (non-hydrogen) atoms. The predicted molar refractivity (Wildman–Crippen MR) is 61.8 cm³/mol. The summed E-state index contributed by atoms with van der Waals surface area (Å²) in [5.41, 5.74) is 0.989. The zero-order valence-corrected chi connectivity index (χ0v) is 10.4. The minimum Gasteiger partial charge on any atom is -0.442 e. The van der Waals surface area contributed by atoms with Gasteiger partial charge in [-0.2, -0.15) is 9.78 Å². The number of hydrogen-bond donors (Lipinski definition) is 1. The monoisotopic (exact) mass is 238 g/mol. The number of carbonyl (C=O) groups excluding carboxylic acids is 1. The molecule has 0 saturated heterocycles. The SMILES string of the molecule is CC(C)(C)OC(=O)n1ncc2c1CCCC2O. The second-order valence-electron chi connectivity index (χ2n) is 5.35. The van der Waals surface area contributed by atoms with Crippen LogP contribution in [0.25, 0.3) is 0 Å². The maximum Gasteiger partial charge on any atom is 0.435 e. The van der Waals surface area contributed by atoms with Gasteiger partial charge in [0.15, 0.2) is 0 Å². The molecule has 1 aromatic heterocycles. The third kappa shape index (κ3) is 2.49. The average molecular weight is 238 g/mol. The molecule has 0 spiro atoms. The minimum atomic E-state index is -0.538. The summed E-state index contributed by atoms with van der Waals surface area (Å²) in [6.45, 7) is 5.45. The molecule has 1 atom stereocenters. The molecule has 1 N–H and O–H groups in total.